The summed E-state index contributed by atoms with van der Waals surface area (Å²) >= 11 is 7.08. The molecule has 0 unspecified atom stereocenters. The predicted octanol–water partition coefficient (Wildman–Crippen LogP) is 5.28. The van der Waals surface area contributed by atoms with Crippen molar-refractivity contribution in [3.8, 4) is 22.5 Å². The van der Waals surface area contributed by atoms with Crippen LogP contribution in [0.1, 0.15) is 0 Å². The number of nitrogens with two attached hydrogens (primary N) is 1. The Balaban J connectivity index is 1.82. The summed E-state index contributed by atoms with van der Waals surface area (Å²) < 4.78 is 1.98. The van der Waals surface area contributed by atoms with Crippen molar-refractivity contribution in [2.24, 2.45) is 0 Å². The minimum absolute atomic E-state index is 0.138. The van der Waals surface area contributed by atoms with Crippen LogP contribution < -0.4 is 5.73 Å². The molecule has 0 aliphatic carbocycles. The number of hydrogen-bond donors (Lipinski definition) is 3. The molecule has 6 nitrogen and oxygen atoms in total. The van der Waals surface area contributed by atoms with E-state index >= 15 is 0 Å². The zero-order chi connectivity index (χ0) is 18.5. The van der Waals surface area contributed by atoms with Crippen molar-refractivity contribution in [3.63, 3.8) is 0 Å². The van der Waals surface area contributed by atoms with Gasteiger partial charge in [-0.2, -0.15) is 0 Å². The molecule has 5 rings (SSSR count). The lowest BCUT2D eigenvalue weighted by atomic mass is 10.0. The van der Waals surface area contributed by atoms with Crippen molar-refractivity contribution in [1.29, 1.82) is 0 Å². The Morgan fingerprint density at radius 3 is 1.89 bits per heavy atom. The fourth-order valence-corrected chi connectivity index (χ4v) is 4.01. The van der Waals surface area contributed by atoms with Crippen molar-refractivity contribution >= 4 is 59.6 Å². The summed E-state index contributed by atoms with van der Waals surface area (Å²) in [6.07, 6.45) is 3.85. The topological polar surface area (TPSA) is 96.3 Å². The maximum atomic E-state index is 5.88. The van der Waals surface area contributed by atoms with Gasteiger partial charge in [0, 0.05) is 54.3 Å². The van der Waals surface area contributed by atoms with E-state index in [0.29, 0.717) is 11.4 Å². The number of H-pyrrole nitrogens is 2. The van der Waals surface area contributed by atoms with E-state index in [1.54, 1.807) is 0 Å². The molecule has 0 amide bonds. The number of rotatable bonds is 2. The summed E-state index contributed by atoms with van der Waals surface area (Å²) in [5.74, 6) is 0.138. The third-order valence-corrected chi connectivity index (χ3v) is 5.49. The molecule has 3 aromatic heterocycles. The van der Waals surface area contributed by atoms with E-state index in [1.807, 2.05) is 36.7 Å². The lowest BCUT2D eigenvalue weighted by molar-refractivity contribution is 0.999. The maximum Gasteiger partial charge on any atom is 0.240 e. The van der Waals surface area contributed by atoms with Gasteiger partial charge in [-0.3, -0.25) is 0 Å². The van der Waals surface area contributed by atoms with Gasteiger partial charge in [0.05, 0.1) is 0 Å². The average Bonchev–Trinajstić information content (AvgIpc) is 3.25. The minimum Gasteiger partial charge on any atom is -0.366 e. The summed E-state index contributed by atoms with van der Waals surface area (Å²) in [5.41, 5.74) is 11.1. The molecular formula is C19H12Br2N6. The van der Waals surface area contributed by atoms with E-state index in [0.717, 1.165) is 41.9 Å². The first kappa shape index (κ1) is 16.5. The Morgan fingerprint density at radius 2 is 1.30 bits per heavy atom. The van der Waals surface area contributed by atoms with Gasteiger partial charge in [-0.1, -0.05) is 31.9 Å². The number of anilines is 1. The van der Waals surface area contributed by atoms with Crippen LogP contribution >= 0.6 is 31.9 Å². The van der Waals surface area contributed by atoms with E-state index in [2.05, 4.69) is 69.1 Å². The van der Waals surface area contributed by atoms with Gasteiger partial charge in [0.15, 0.2) is 0 Å². The van der Waals surface area contributed by atoms with Gasteiger partial charge in [0.25, 0.3) is 0 Å². The van der Waals surface area contributed by atoms with Crippen molar-refractivity contribution in [2.75, 3.05) is 5.73 Å². The molecule has 5 aromatic rings. The van der Waals surface area contributed by atoms with Gasteiger partial charge < -0.3 is 15.7 Å². The third kappa shape index (κ3) is 2.72. The molecule has 132 valence electrons. The predicted molar refractivity (Wildman–Crippen MR) is 114 cm³/mol. The standard InChI is InChI=1S/C19H12Br2N6/c20-9-1-3-15-11(5-9)13(7-23-15)17-18(26-27-19(22)25-17)14-8-24-16-4-2-10(21)6-12(14)16/h1-8,23-24H,(H2,22,25,27). The SMILES string of the molecule is Nc1nnc(-c2c[nH]c3ccc(Br)cc23)c(-c2c[nH]c3ccc(Br)cc23)n1. The molecule has 27 heavy (non-hydrogen) atoms. The maximum absolute atomic E-state index is 5.88. The van der Waals surface area contributed by atoms with Crippen molar-refractivity contribution in [3.05, 3.63) is 57.7 Å². The van der Waals surface area contributed by atoms with Gasteiger partial charge in [-0.25, -0.2) is 4.98 Å². The number of aromatic nitrogens is 5. The fourth-order valence-electron chi connectivity index (χ4n) is 3.29. The highest BCUT2D eigenvalue weighted by atomic mass is 79.9. The Morgan fingerprint density at radius 1 is 0.741 bits per heavy atom. The summed E-state index contributed by atoms with van der Waals surface area (Å²) in [4.78, 5) is 11.1. The molecule has 0 spiro atoms. The van der Waals surface area contributed by atoms with Crippen LogP contribution in [0.5, 0.6) is 0 Å². The Kier molecular flexibility index (Phi) is 3.76. The monoisotopic (exact) mass is 482 g/mol. The van der Waals surface area contributed by atoms with E-state index < -0.39 is 0 Å². The molecule has 0 aliphatic rings. The highest BCUT2D eigenvalue weighted by Gasteiger charge is 2.19. The third-order valence-electron chi connectivity index (χ3n) is 4.50. The Hall–Kier alpha value is -2.71. The molecule has 0 bridgehead atoms. The number of nitrogen functional groups attached to an aromatic ring is 1. The van der Waals surface area contributed by atoms with Crippen LogP contribution in [-0.2, 0) is 0 Å². The lowest BCUT2D eigenvalue weighted by Crippen LogP contribution is -2.02. The second kappa shape index (κ2) is 6.17. The van der Waals surface area contributed by atoms with E-state index in [4.69, 9.17) is 5.73 Å². The number of hydrogen-bond acceptors (Lipinski definition) is 4. The number of nitrogens with one attached hydrogen (secondary N) is 2. The summed E-state index contributed by atoms with van der Waals surface area (Å²) in [6, 6.07) is 12.1. The number of aromatic amines is 2. The number of halogens is 2. The molecular weight excluding hydrogens is 472 g/mol. The summed E-state index contributed by atoms with van der Waals surface area (Å²) in [5, 5.41) is 10.5. The first-order chi connectivity index (χ1) is 13.1. The summed E-state index contributed by atoms with van der Waals surface area (Å²) in [7, 11) is 0. The van der Waals surface area contributed by atoms with Gasteiger partial charge in [-0.15, -0.1) is 10.2 Å². The second-order valence-corrected chi connectivity index (χ2v) is 7.98. The molecule has 0 radical (unpaired) electrons. The van der Waals surface area contributed by atoms with Crippen molar-refractivity contribution in [2.45, 2.75) is 0 Å². The summed E-state index contributed by atoms with van der Waals surface area (Å²) in [6.45, 7) is 0. The van der Waals surface area contributed by atoms with Crippen molar-refractivity contribution in [1.82, 2.24) is 25.1 Å². The van der Waals surface area contributed by atoms with Gasteiger partial charge in [0.2, 0.25) is 5.95 Å². The van der Waals surface area contributed by atoms with Crippen LogP contribution in [0.4, 0.5) is 5.95 Å². The molecule has 0 saturated heterocycles. The van der Waals surface area contributed by atoms with Crippen LogP contribution in [0.3, 0.4) is 0 Å². The molecule has 4 N–H and O–H groups in total. The molecule has 0 atom stereocenters. The molecule has 3 heterocycles. The number of nitrogens with zero attached hydrogens (tertiary/aromatic N) is 3. The Labute approximate surface area is 170 Å². The zero-order valence-electron chi connectivity index (χ0n) is 13.8. The minimum atomic E-state index is 0.138. The first-order valence-electron chi connectivity index (χ1n) is 8.14. The van der Waals surface area contributed by atoms with Gasteiger partial charge >= 0.3 is 0 Å². The van der Waals surface area contributed by atoms with E-state index in [9.17, 15) is 0 Å². The zero-order valence-corrected chi connectivity index (χ0v) is 17.0. The van der Waals surface area contributed by atoms with Crippen molar-refractivity contribution < 1.29 is 0 Å². The number of fused-ring (bicyclic) bond motifs is 2. The van der Waals surface area contributed by atoms with Gasteiger partial charge in [0.1, 0.15) is 11.4 Å². The van der Waals surface area contributed by atoms with E-state index in [-0.39, 0.29) is 5.95 Å². The first-order valence-corrected chi connectivity index (χ1v) is 9.73. The van der Waals surface area contributed by atoms with Crippen LogP contribution in [0, 0.1) is 0 Å². The van der Waals surface area contributed by atoms with Gasteiger partial charge in [-0.05, 0) is 36.4 Å². The number of benzene rings is 2. The smallest absolute Gasteiger partial charge is 0.240 e. The molecule has 0 aliphatic heterocycles. The van der Waals surface area contributed by atoms with E-state index in [1.165, 1.54) is 0 Å². The Bertz CT molecular complexity index is 1320. The quantitative estimate of drug-likeness (QED) is 0.318. The molecule has 0 saturated carbocycles. The highest BCUT2D eigenvalue weighted by Crippen LogP contribution is 2.37. The lowest BCUT2D eigenvalue weighted by Gasteiger charge is -2.07. The van der Waals surface area contributed by atoms with Crippen LogP contribution in [0.25, 0.3) is 44.3 Å². The molecule has 2 aromatic carbocycles. The normalized spacial score (nSPS) is 11.5. The average molecular weight is 484 g/mol. The second-order valence-electron chi connectivity index (χ2n) is 6.15. The fraction of sp³-hybridized carbons (Fsp3) is 0. The molecule has 0 fully saturated rings. The van der Waals surface area contributed by atoms with Crippen LogP contribution in [-0.4, -0.2) is 25.1 Å². The highest BCUT2D eigenvalue weighted by molar-refractivity contribution is 9.10. The molecule has 8 heteroatoms. The van der Waals surface area contributed by atoms with Crippen LogP contribution in [0.2, 0.25) is 0 Å². The van der Waals surface area contributed by atoms with Crippen LogP contribution in [0.15, 0.2) is 57.7 Å². The largest absolute Gasteiger partial charge is 0.366 e.